The molecule has 2 amide bonds. The molecule has 3 aliphatic rings. The zero-order valence-corrected chi connectivity index (χ0v) is 17.2. The van der Waals surface area contributed by atoms with E-state index in [0.29, 0.717) is 36.2 Å². The predicted octanol–water partition coefficient (Wildman–Crippen LogP) is 2.16. The summed E-state index contributed by atoms with van der Waals surface area (Å²) in [7, 11) is 0. The number of H-pyrrole nitrogens is 1. The number of halogens is 1. The molecule has 2 fully saturated rings. The molecule has 4 heterocycles. The number of benzene rings is 1. The number of fused-ring (bicyclic) bond motifs is 1. The van der Waals surface area contributed by atoms with Gasteiger partial charge in [0.25, 0.3) is 5.91 Å². The topological polar surface area (TPSA) is 86.5 Å². The fourth-order valence-corrected chi connectivity index (χ4v) is 4.50. The SMILES string of the molecule is O=C1Nc2ccc(CC3CCNC3=O)c(F)c2/C1=C/c1cc(CN2CCOCC2)c[nH]1. The van der Waals surface area contributed by atoms with Crippen molar-refractivity contribution in [2.75, 3.05) is 38.2 Å². The number of aromatic amines is 1. The Balaban J connectivity index is 1.39. The number of amides is 2. The number of morpholine rings is 1. The molecule has 2 aromatic rings. The average Bonchev–Trinajstić information content (AvgIpc) is 3.46. The Kier molecular flexibility index (Phi) is 5.33. The Labute approximate surface area is 179 Å². The van der Waals surface area contributed by atoms with Gasteiger partial charge in [-0.05, 0) is 42.2 Å². The van der Waals surface area contributed by atoms with Gasteiger partial charge < -0.3 is 20.4 Å². The lowest BCUT2D eigenvalue weighted by atomic mass is 9.94. The Bertz CT molecular complexity index is 1060. The minimum absolute atomic E-state index is 0.0379. The van der Waals surface area contributed by atoms with Crippen molar-refractivity contribution in [3.8, 4) is 0 Å². The second-order valence-electron chi connectivity index (χ2n) is 8.31. The van der Waals surface area contributed by atoms with E-state index in [1.54, 1.807) is 18.2 Å². The number of carbonyl (C=O) groups excluding carboxylic acids is 2. The highest BCUT2D eigenvalue weighted by molar-refractivity contribution is 6.35. The number of aromatic nitrogens is 1. The number of ether oxygens (including phenoxy) is 1. The molecule has 0 aliphatic carbocycles. The van der Waals surface area contributed by atoms with Crippen LogP contribution in [0.3, 0.4) is 0 Å². The summed E-state index contributed by atoms with van der Waals surface area (Å²) in [5, 5.41) is 5.54. The molecule has 162 valence electrons. The molecule has 3 N–H and O–H groups in total. The molecule has 5 rings (SSSR count). The van der Waals surface area contributed by atoms with Gasteiger partial charge in [-0.25, -0.2) is 4.39 Å². The van der Waals surface area contributed by atoms with Crippen LogP contribution in [0.4, 0.5) is 10.1 Å². The van der Waals surface area contributed by atoms with Crippen LogP contribution in [0, 0.1) is 11.7 Å². The quantitative estimate of drug-likeness (QED) is 0.642. The maximum absolute atomic E-state index is 15.4. The third-order valence-corrected chi connectivity index (χ3v) is 6.19. The molecular weight excluding hydrogens is 399 g/mol. The van der Waals surface area contributed by atoms with Crippen LogP contribution in [0.5, 0.6) is 0 Å². The third-order valence-electron chi connectivity index (χ3n) is 6.19. The molecular formula is C23H25FN4O3. The van der Waals surface area contributed by atoms with E-state index in [-0.39, 0.29) is 23.3 Å². The highest BCUT2D eigenvalue weighted by Crippen LogP contribution is 2.37. The minimum Gasteiger partial charge on any atom is -0.379 e. The predicted molar refractivity (Wildman–Crippen MR) is 115 cm³/mol. The van der Waals surface area contributed by atoms with Gasteiger partial charge in [0.15, 0.2) is 0 Å². The van der Waals surface area contributed by atoms with E-state index >= 15 is 4.39 Å². The first-order valence-electron chi connectivity index (χ1n) is 10.7. The number of hydrogen-bond acceptors (Lipinski definition) is 4. The van der Waals surface area contributed by atoms with Crippen molar-refractivity contribution in [3.63, 3.8) is 0 Å². The van der Waals surface area contributed by atoms with E-state index in [1.807, 2.05) is 12.3 Å². The second-order valence-corrected chi connectivity index (χ2v) is 8.31. The first kappa shape index (κ1) is 20.0. The van der Waals surface area contributed by atoms with Crippen molar-refractivity contribution in [2.45, 2.75) is 19.4 Å². The van der Waals surface area contributed by atoms with Gasteiger partial charge in [0.05, 0.1) is 24.5 Å². The van der Waals surface area contributed by atoms with Gasteiger partial charge >= 0.3 is 0 Å². The van der Waals surface area contributed by atoms with E-state index in [4.69, 9.17) is 4.74 Å². The standard InChI is InChI=1S/C23H25FN4O3/c24-21-15(10-16-3-4-25-22(16)29)1-2-19-20(21)18(23(30)27-19)11-17-9-14(12-26-17)13-28-5-7-31-8-6-28/h1-2,9,11-12,16,26H,3-8,10,13H2,(H,25,29)(H,27,30)/b18-11-. The van der Waals surface area contributed by atoms with Crippen LogP contribution in [0.15, 0.2) is 24.4 Å². The zero-order valence-electron chi connectivity index (χ0n) is 17.2. The Morgan fingerprint density at radius 3 is 2.84 bits per heavy atom. The van der Waals surface area contributed by atoms with Gasteiger partial charge in [-0.3, -0.25) is 14.5 Å². The van der Waals surface area contributed by atoms with E-state index in [9.17, 15) is 9.59 Å². The van der Waals surface area contributed by atoms with Crippen molar-refractivity contribution in [2.24, 2.45) is 5.92 Å². The summed E-state index contributed by atoms with van der Waals surface area (Å²) in [6, 6.07) is 5.37. The van der Waals surface area contributed by atoms with Crippen molar-refractivity contribution in [1.29, 1.82) is 0 Å². The molecule has 1 atom stereocenters. The lowest BCUT2D eigenvalue weighted by Crippen LogP contribution is -2.35. The Morgan fingerprint density at radius 2 is 2.06 bits per heavy atom. The number of rotatable bonds is 5. The van der Waals surface area contributed by atoms with Gasteiger partial charge in [-0.1, -0.05) is 6.07 Å². The van der Waals surface area contributed by atoms with Crippen molar-refractivity contribution in [1.82, 2.24) is 15.2 Å². The monoisotopic (exact) mass is 424 g/mol. The molecule has 1 aromatic carbocycles. The number of nitrogens with zero attached hydrogens (tertiary/aromatic N) is 1. The molecule has 1 unspecified atom stereocenters. The normalized spacial score (nSPS) is 22.6. The van der Waals surface area contributed by atoms with Gasteiger partial charge in [-0.2, -0.15) is 0 Å². The van der Waals surface area contributed by atoms with Crippen LogP contribution in [0.1, 0.15) is 28.8 Å². The first-order chi connectivity index (χ1) is 15.1. The number of hydrogen-bond donors (Lipinski definition) is 3. The van der Waals surface area contributed by atoms with Crippen LogP contribution < -0.4 is 10.6 Å². The molecule has 0 bridgehead atoms. The lowest BCUT2D eigenvalue weighted by Gasteiger charge is -2.25. The van der Waals surface area contributed by atoms with Gasteiger partial charge in [0.2, 0.25) is 5.91 Å². The van der Waals surface area contributed by atoms with E-state index < -0.39 is 5.82 Å². The van der Waals surface area contributed by atoms with Crippen LogP contribution in [-0.2, 0) is 27.3 Å². The molecule has 3 aliphatic heterocycles. The Morgan fingerprint density at radius 1 is 1.23 bits per heavy atom. The highest BCUT2D eigenvalue weighted by atomic mass is 19.1. The maximum Gasteiger partial charge on any atom is 0.256 e. The molecule has 31 heavy (non-hydrogen) atoms. The fraction of sp³-hybridized carbons (Fsp3) is 0.391. The summed E-state index contributed by atoms with van der Waals surface area (Å²) in [5.41, 5.74) is 3.36. The molecule has 0 saturated carbocycles. The summed E-state index contributed by atoms with van der Waals surface area (Å²) in [4.78, 5) is 30.0. The van der Waals surface area contributed by atoms with E-state index in [1.165, 1.54) is 0 Å². The minimum atomic E-state index is -0.429. The fourth-order valence-electron chi connectivity index (χ4n) is 4.50. The number of nitrogens with one attached hydrogen (secondary N) is 3. The molecule has 7 nitrogen and oxygen atoms in total. The Hall–Kier alpha value is -2.97. The first-order valence-corrected chi connectivity index (χ1v) is 10.7. The molecule has 0 radical (unpaired) electrons. The van der Waals surface area contributed by atoms with Crippen LogP contribution in [0.2, 0.25) is 0 Å². The van der Waals surface area contributed by atoms with Crippen LogP contribution >= 0.6 is 0 Å². The number of anilines is 1. The summed E-state index contributed by atoms with van der Waals surface area (Å²) in [6.07, 6.45) is 4.64. The summed E-state index contributed by atoms with van der Waals surface area (Å²) in [5.74, 6) is -1.02. The molecule has 0 spiro atoms. The largest absolute Gasteiger partial charge is 0.379 e. The third kappa shape index (κ3) is 4.00. The van der Waals surface area contributed by atoms with Gasteiger partial charge in [0, 0.05) is 49.6 Å². The van der Waals surface area contributed by atoms with Crippen molar-refractivity contribution < 1.29 is 18.7 Å². The van der Waals surface area contributed by atoms with Gasteiger partial charge in [0.1, 0.15) is 5.82 Å². The van der Waals surface area contributed by atoms with E-state index in [0.717, 1.165) is 44.1 Å². The zero-order chi connectivity index (χ0) is 21.4. The van der Waals surface area contributed by atoms with Gasteiger partial charge in [-0.15, -0.1) is 0 Å². The molecule has 8 heteroatoms. The second kappa shape index (κ2) is 8.28. The lowest BCUT2D eigenvalue weighted by molar-refractivity contribution is -0.122. The van der Waals surface area contributed by atoms with Crippen LogP contribution in [-0.4, -0.2) is 54.5 Å². The summed E-state index contributed by atoms with van der Waals surface area (Å²) >= 11 is 0. The van der Waals surface area contributed by atoms with E-state index in [2.05, 4.69) is 20.5 Å². The van der Waals surface area contributed by atoms with Crippen molar-refractivity contribution in [3.05, 3.63) is 52.6 Å². The molecule has 2 saturated heterocycles. The maximum atomic E-state index is 15.4. The van der Waals surface area contributed by atoms with Crippen molar-refractivity contribution >= 4 is 29.2 Å². The highest BCUT2D eigenvalue weighted by Gasteiger charge is 2.31. The summed E-state index contributed by atoms with van der Waals surface area (Å²) < 4.78 is 20.8. The number of carbonyl (C=O) groups is 2. The molecule has 1 aromatic heterocycles. The van der Waals surface area contributed by atoms with Crippen LogP contribution in [0.25, 0.3) is 11.6 Å². The summed E-state index contributed by atoms with van der Waals surface area (Å²) in [6.45, 7) is 4.69. The average molecular weight is 424 g/mol. The smallest absolute Gasteiger partial charge is 0.256 e.